The zero-order valence-electron chi connectivity index (χ0n) is 13.0. The van der Waals surface area contributed by atoms with E-state index in [1.165, 1.54) is 37.7 Å². The molecule has 0 amide bonds. The van der Waals surface area contributed by atoms with Crippen LogP contribution in [0.2, 0.25) is 0 Å². The van der Waals surface area contributed by atoms with Gasteiger partial charge in [0.25, 0.3) is 0 Å². The molecular weight excluding hydrogens is 274 g/mol. The van der Waals surface area contributed by atoms with Crippen molar-refractivity contribution in [1.29, 1.82) is 0 Å². The van der Waals surface area contributed by atoms with Crippen LogP contribution in [-0.4, -0.2) is 21.2 Å². The Kier molecular flexibility index (Phi) is 4.83. The number of rotatable bonds is 5. The summed E-state index contributed by atoms with van der Waals surface area (Å²) in [4.78, 5) is 4.54. The number of hydrogen-bond donors (Lipinski definition) is 2. The molecule has 2 aromatic rings. The van der Waals surface area contributed by atoms with E-state index in [4.69, 9.17) is 0 Å². The largest absolute Gasteiger partial charge is 0.366 e. The lowest BCUT2D eigenvalue weighted by Crippen LogP contribution is -2.23. The summed E-state index contributed by atoms with van der Waals surface area (Å²) in [6.07, 6.45) is 8.08. The fourth-order valence-electron chi connectivity index (χ4n) is 2.91. The second-order valence-electron chi connectivity index (χ2n) is 5.92. The molecule has 1 unspecified atom stereocenters. The van der Waals surface area contributed by atoms with Crippen molar-refractivity contribution in [3.8, 4) is 0 Å². The summed E-state index contributed by atoms with van der Waals surface area (Å²) in [5.41, 5.74) is 1.21. The molecule has 1 heterocycles. The summed E-state index contributed by atoms with van der Waals surface area (Å²) >= 11 is 0. The van der Waals surface area contributed by atoms with E-state index in [9.17, 15) is 0 Å². The minimum absolute atomic E-state index is 0.146. The summed E-state index contributed by atoms with van der Waals surface area (Å²) in [6.45, 7) is 2.10. The van der Waals surface area contributed by atoms with Gasteiger partial charge in [-0.15, -0.1) is 5.10 Å². The first-order valence-corrected chi connectivity index (χ1v) is 8.09. The van der Waals surface area contributed by atoms with E-state index in [2.05, 4.69) is 44.9 Å². The molecule has 1 aliphatic carbocycles. The van der Waals surface area contributed by atoms with Crippen molar-refractivity contribution in [3.05, 3.63) is 42.1 Å². The highest BCUT2D eigenvalue weighted by atomic mass is 15.3. The van der Waals surface area contributed by atoms with E-state index < -0.39 is 0 Å². The highest BCUT2D eigenvalue weighted by Gasteiger charge is 2.14. The number of hydrogen-bond acceptors (Lipinski definition) is 5. The molecule has 0 aliphatic heterocycles. The van der Waals surface area contributed by atoms with Crippen LogP contribution in [0.1, 0.15) is 50.6 Å². The smallest absolute Gasteiger partial charge is 0.245 e. The van der Waals surface area contributed by atoms with Gasteiger partial charge in [-0.1, -0.05) is 49.6 Å². The molecule has 5 nitrogen and oxygen atoms in total. The number of benzene rings is 1. The maximum absolute atomic E-state index is 4.54. The van der Waals surface area contributed by atoms with Gasteiger partial charge in [-0.3, -0.25) is 0 Å². The molecule has 0 bridgehead atoms. The maximum atomic E-state index is 4.54. The normalized spacial score (nSPS) is 17.0. The van der Waals surface area contributed by atoms with Gasteiger partial charge in [0.05, 0.1) is 12.2 Å². The Hall–Kier alpha value is -2.17. The summed E-state index contributed by atoms with van der Waals surface area (Å²) in [6, 6.07) is 10.9. The average Bonchev–Trinajstić information content (AvgIpc) is 2.57. The standard InChI is InChI=1S/C17H23N5/c1-13(14-8-4-2-5-9-14)19-17-21-16(12-18-22-17)20-15-10-6-3-7-11-15/h2,4-5,8-9,12-13,15H,3,6-7,10-11H2,1H3,(H2,19,20,21,22). The zero-order chi connectivity index (χ0) is 15.2. The van der Waals surface area contributed by atoms with Crippen LogP contribution in [0.15, 0.2) is 36.5 Å². The number of nitrogens with zero attached hydrogens (tertiary/aromatic N) is 3. The SMILES string of the molecule is CC(Nc1nncc(NC2CCCCC2)n1)c1ccccc1. The maximum Gasteiger partial charge on any atom is 0.245 e. The quantitative estimate of drug-likeness (QED) is 0.879. The molecule has 0 saturated heterocycles. The highest BCUT2D eigenvalue weighted by molar-refractivity contribution is 5.39. The molecule has 1 aromatic carbocycles. The Morgan fingerprint density at radius 3 is 2.64 bits per heavy atom. The number of aromatic nitrogens is 3. The molecule has 0 spiro atoms. The van der Waals surface area contributed by atoms with Crippen LogP contribution in [0, 0.1) is 0 Å². The monoisotopic (exact) mass is 297 g/mol. The fraction of sp³-hybridized carbons (Fsp3) is 0.471. The van der Waals surface area contributed by atoms with Gasteiger partial charge < -0.3 is 10.6 Å². The van der Waals surface area contributed by atoms with Crippen molar-refractivity contribution >= 4 is 11.8 Å². The van der Waals surface area contributed by atoms with Crippen molar-refractivity contribution in [3.63, 3.8) is 0 Å². The predicted octanol–water partition coefficient (Wildman–Crippen LogP) is 3.79. The summed E-state index contributed by atoms with van der Waals surface area (Å²) in [7, 11) is 0. The Morgan fingerprint density at radius 1 is 1.09 bits per heavy atom. The van der Waals surface area contributed by atoms with E-state index in [1.807, 2.05) is 18.2 Å². The summed E-state index contributed by atoms with van der Waals surface area (Å²) in [5, 5.41) is 14.9. The molecule has 1 aromatic heterocycles. The predicted molar refractivity (Wildman–Crippen MR) is 88.8 cm³/mol. The minimum atomic E-state index is 0.146. The number of nitrogens with one attached hydrogen (secondary N) is 2. The van der Waals surface area contributed by atoms with Gasteiger partial charge in [-0.2, -0.15) is 10.1 Å². The summed E-state index contributed by atoms with van der Waals surface area (Å²) < 4.78 is 0. The first kappa shape index (κ1) is 14.8. The molecule has 22 heavy (non-hydrogen) atoms. The van der Waals surface area contributed by atoms with Crippen LogP contribution in [0.3, 0.4) is 0 Å². The van der Waals surface area contributed by atoms with Gasteiger partial charge in [0, 0.05) is 6.04 Å². The van der Waals surface area contributed by atoms with Crippen LogP contribution in [0.4, 0.5) is 11.8 Å². The van der Waals surface area contributed by atoms with E-state index in [-0.39, 0.29) is 6.04 Å². The van der Waals surface area contributed by atoms with Gasteiger partial charge >= 0.3 is 0 Å². The fourth-order valence-corrected chi connectivity index (χ4v) is 2.91. The van der Waals surface area contributed by atoms with Crippen LogP contribution >= 0.6 is 0 Å². The third-order valence-electron chi connectivity index (χ3n) is 4.16. The topological polar surface area (TPSA) is 62.7 Å². The third kappa shape index (κ3) is 3.93. The Bertz CT molecular complexity index is 581. The molecule has 1 atom stereocenters. The molecule has 1 aliphatic rings. The van der Waals surface area contributed by atoms with Gasteiger partial charge in [-0.25, -0.2) is 0 Å². The van der Waals surface area contributed by atoms with E-state index in [0.29, 0.717) is 12.0 Å². The van der Waals surface area contributed by atoms with Crippen molar-refractivity contribution < 1.29 is 0 Å². The third-order valence-corrected chi connectivity index (χ3v) is 4.16. The first-order valence-electron chi connectivity index (χ1n) is 8.09. The van der Waals surface area contributed by atoms with E-state index in [1.54, 1.807) is 6.20 Å². The molecule has 2 N–H and O–H groups in total. The molecule has 5 heteroatoms. The Labute approximate surface area is 131 Å². The molecule has 1 saturated carbocycles. The van der Waals surface area contributed by atoms with Crippen molar-refractivity contribution in [2.45, 2.75) is 51.1 Å². The van der Waals surface area contributed by atoms with Crippen molar-refractivity contribution in [1.82, 2.24) is 15.2 Å². The lowest BCUT2D eigenvalue weighted by Gasteiger charge is -2.23. The zero-order valence-corrected chi connectivity index (χ0v) is 13.0. The average molecular weight is 297 g/mol. The van der Waals surface area contributed by atoms with Gasteiger partial charge in [-0.05, 0) is 25.3 Å². The van der Waals surface area contributed by atoms with Crippen LogP contribution in [0.25, 0.3) is 0 Å². The van der Waals surface area contributed by atoms with E-state index in [0.717, 1.165) is 5.82 Å². The van der Waals surface area contributed by atoms with Gasteiger partial charge in [0.1, 0.15) is 0 Å². The van der Waals surface area contributed by atoms with Crippen molar-refractivity contribution in [2.24, 2.45) is 0 Å². The van der Waals surface area contributed by atoms with Crippen LogP contribution in [0.5, 0.6) is 0 Å². The van der Waals surface area contributed by atoms with Gasteiger partial charge in [0.15, 0.2) is 5.82 Å². The lowest BCUT2D eigenvalue weighted by atomic mass is 9.96. The summed E-state index contributed by atoms with van der Waals surface area (Å²) in [5.74, 6) is 1.38. The first-order chi connectivity index (χ1) is 10.8. The molecule has 3 rings (SSSR count). The number of anilines is 2. The van der Waals surface area contributed by atoms with Crippen LogP contribution < -0.4 is 10.6 Å². The van der Waals surface area contributed by atoms with Crippen LogP contribution in [-0.2, 0) is 0 Å². The Morgan fingerprint density at radius 2 is 1.86 bits per heavy atom. The minimum Gasteiger partial charge on any atom is -0.366 e. The highest BCUT2D eigenvalue weighted by Crippen LogP contribution is 2.21. The molecule has 116 valence electrons. The second-order valence-corrected chi connectivity index (χ2v) is 5.92. The molecular formula is C17H23N5. The van der Waals surface area contributed by atoms with E-state index >= 15 is 0 Å². The Balaban J connectivity index is 1.63. The second kappa shape index (κ2) is 7.20. The lowest BCUT2D eigenvalue weighted by molar-refractivity contribution is 0.461. The molecule has 1 fully saturated rings. The van der Waals surface area contributed by atoms with Gasteiger partial charge in [0.2, 0.25) is 5.95 Å². The van der Waals surface area contributed by atoms with Crippen molar-refractivity contribution in [2.75, 3.05) is 10.6 Å². The molecule has 0 radical (unpaired) electrons.